The largest absolute Gasteiger partial charge is 0.389 e. The van der Waals surface area contributed by atoms with Crippen LogP contribution in [0.15, 0.2) is 41.3 Å². The first-order valence-electron chi connectivity index (χ1n) is 6.32. The lowest BCUT2D eigenvalue weighted by molar-refractivity contribution is 0.196. The number of aliphatic hydroxyl groups excluding tert-OH is 1. The van der Waals surface area contributed by atoms with Gasteiger partial charge in [-0.2, -0.15) is 0 Å². The number of aliphatic hydroxyl groups is 1. The fraction of sp³-hybridized carbons (Fsp3) is 0.250. The van der Waals surface area contributed by atoms with Crippen molar-refractivity contribution in [3.8, 4) is 0 Å². The van der Waals surface area contributed by atoms with Gasteiger partial charge >= 0.3 is 0 Å². The number of hydrogen-bond donors (Lipinski definition) is 1. The molecule has 0 radical (unpaired) electrons. The molecule has 0 heterocycles. The molecule has 0 bridgehead atoms. The summed E-state index contributed by atoms with van der Waals surface area (Å²) in [6, 6.07) is 10.8. The maximum Gasteiger partial charge on any atom is 0.126 e. The molecule has 0 saturated carbocycles. The second kappa shape index (κ2) is 6.61. The van der Waals surface area contributed by atoms with Crippen LogP contribution in [0.3, 0.4) is 0 Å². The van der Waals surface area contributed by atoms with E-state index in [0.29, 0.717) is 16.1 Å². The quantitative estimate of drug-likeness (QED) is 0.790. The SMILES string of the molecule is Cc1cc(SCc2ccc(Cl)cc2)c([C@H](C)O)cc1F. The molecule has 20 heavy (non-hydrogen) atoms. The molecule has 0 aliphatic heterocycles. The smallest absolute Gasteiger partial charge is 0.126 e. The predicted molar refractivity (Wildman–Crippen MR) is 82.8 cm³/mol. The fourth-order valence-electron chi connectivity index (χ4n) is 1.86. The zero-order valence-corrected chi connectivity index (χ0v) is 12.9. The van der Waals surface area contributed by atoms with E-state index >= 15 is 0 Å². The molecular weight excluding hydrogens is 295 g/mol. The van der Waals surface area contributed by atoms with Crippen molar-refractivity contribution in [2.45, 2.75) is 30.6 Å². The van der Waals surface area contributed by atoms with Crippen molar-refractivity contribution in [1.82, 2.24) is 0 Å². The van der Waals surface area contributed by atoms with Crippen molar-refractivity contribution in [3.63, 3.8) is 0 Å². The van der Waals surface area contributed by atoms with Gasteiger partial charge in [-0.3, -0.25) is 0 Å². The Bertz CT molecular complexity index is 596. The van der Waals surface area contributed by atoms with E-state index in [0.717, 1.165) is 16.2 Å². The highest BCUT2D eigenvalue weighted by molar-refractivity contribution is 7.98. The molecule has 0 fully saturated rings. The highest BCUT2D eigenvalue weighted by atomic mass is 35.5. The van der Waals surface area contributed by atoms with Crippen LogP contribution in [-0.4, -0.2) is 5.11 Å². The molecule has 1 atom stereocenters. The van der Waals surface area contributed by atoms with Crippen molar-refractivity contribution < 1.29 is 9.50 Å². The summed E-state index contributed by atoms with van der Waals surface area (Å²) in [7, 11) is 0. The first kappa shape index (κ1) is 15.4. The first-order chi connectivity index (χ1) is 9.47. The highest BCUT2D eigenvalue weighted by Gasteiger charge is 2.12. The van der Waals surface area contributed by atoms with Crippen LogP contribution in [0.5, 0.6) is 0 Å². The molecule has 0 saturated heterocycles. The van der Waals surface area contributed by atoms with Gasteiger partial charge in [-0.15, -0.1) is 11.8 Å². The summed E-state index contributed by atoms with van der Waals surface area (Å²) in [6.07, 6.45) is -0.683. The van der Waals surface area contributed by atoms with Gasteiger partial charge < -0.3 is 5.11 Å². The maximum atomic E-state index is 13.6. The molecule has 0 amide bonds. The Kier molecular flexibility index (Phi) is 5.08. The molecule has 0 unspecified atom stereocenters. The normalized spacial score (nSPS) is 12.4. The lowest BCUT2D eigenvalue weighted by Crippen LogP contribution is -1.97. The minimum absolute atomic E-state index is 0.281. The third-order valence-electron chi connectivity index (χ3n) is 3.05. The van der Waals surface area contributed by atoms with Gasteiger partial charge in [0.15, 0.2) is 0 Å². The highest BCUT2D eigenvalue weighted by Crippen LogP contribution is 2.32. The van der Waals surface area contributed by atoms with Gasteiger partial charge in [-0.1, -0.05) is 23.7 Å². The van der Waals surface area contributed by atoms with Gasteiger partial charge in [-0.05, 0) is 54.8 Å². The van der Waals surface area contributed by atoms with Crippen LogP contribution in [-0.2, 0) is 5.75 Å². The van der Waals surface area contributed by atoms with Crippen LogP contribution in [0.2, 0.25) is 5.02 Å². The molecule has 2 aromatic rings. The number of benzene rings is 2. The minimum Gasteiger partial charge on any atom is -0.389 e. The lowest BCUT2D eigenvalue weighted by Gasteiger charge is -2.13. The molecule has 0 spiro atoms. The van der Waals surface area contributed by atoms with Gasteiger partial charge in [0, 0.05) is 15.7 Å². The van der Waals surface area contributed by atoms with E-state index in [1.54, 1.807) is 31.7 Å². The molecule has 0 aliphatic carbocycles. The van der Waals surface area contributed by atoms with Crippen molar-refractivity contribution in [2.75, 3.05) is 0 Å². The topological polar surface area (TPSA) is 20.2 Å². The van der Waals surface area contributed by atoms with Crippen LogP contribution < -0.4 is 0 Å². The Balaban J connectivity index is 2.20. The van der Waals surface area contributed by atoms with Crippen molar-refractivity contribution in [2.24, 2.45) is 0 Å². The Labute approximate surface area is 127 Å². The summed E-state index contributed by atoms with van der Waals surface area (Å²) in [5, 5.41) is 10.5. The third kappa shape index (κ3) is 3.75. The molecule has 106 valence electrons. The third-order valence-corrected chi connectivity index (χ3v) is 4.44. The number of rotatable bonds is 4. The van der Waals surface area contributed by atoms with Gasteiger partial charge in [0.25, 0.3) is 0 Å². The van der Waals surface area contributed by atoms with Gasteiger partial charge in [-0.25, -0.2) is 4.39 Å². The van der Waals surface area contributed by atoms with Gasteiger partial charge in [0.05, 0.1) is 6.10 Å². The predicted octanol–water partition coefficient (Wildman–Crippen LogP) is 5.13. The second-order valence-electron chi connectivity index (χ2n) is 4.73. The summed E-state index contributed by atoms with van der Waals surface area (Å²) >= 11 is 7.44. The number of halogens is 2. The molecule has 4 heteroatoms. The summed E-state index contributed by atoms with van der Waals surface area (Å²) in [5.74, 6) is 0.471. The minimum atomic E-state index is -0.683. The number of thioether (sulfide) groups is 1. The first-order valence-corrected chi connectivity index (χ1v) is 7.69. The summed E-state index contributed by atoms with van der Waals surface area (Å²) in [4.78, 5) is 0.911. The molecule has 0 aliphatic rings. The number of hydrogen-bond acceptors (Lipinski definition) is 2. The van der Waals surface area contributed by atoms with Crippen LogP contribution in [0.25, 0.3) is 0 Å². The monoisotopic (exact) mass is 310 g/mol. The summed E-state index contributed by atoms with van der Waals surface area (Å²) in [6.45, 7) is 3.38. The van der Waals surface area contributed by atoms with Crippen LogP contribution >= 0.6 is 23.4 Å². The fourth-order valence-corrected chi connectivity index (χ4v) is 3.16. The van der Waals surface area contributed by atoms with E-state index in [-0.39, 0.29) is 5.82 Å². The molecule has 0 aromatic heterocycles. The van der Waals surface area contributed by atoms with E-state index in [4.69, 9.17) is 11.6 Å². The Hall–Kier alpha value is -1.03. The summed E-state index contributed by atoms with van der Waals surface area (Å²) in [5.41, 5.74) is 2.36. The van der Waals surface area contributed by atoms with Crippen molar-refractivity contribution >= 4 is 23.4 Å². The Morgan fingerprint density at radius 3 is 2.50 bits per heavy atom. The average Bonchev–Trinajstić information content (AvgIpc) is 2.41. The van der Waals surface area contributed by atoms with E-state index in [2.05, 4.69) is 0 Å². The van der Waals surface area contributed by atoms with Crippen molar-refractivity contribution in [1.29, 1.82) is 0 Å². The Morgan fingerprint density at radius 1 is 1.25 bits per heavy atom. The molecule has 1 nitrogen and oxygen atoms in total. The molecule has 1 N–H and O–H groups in total. The summed E-state index contributed by atoms with van der Waals surface area (Å²) < 4.78 is 13.6. The van der Waals surface area contributed by atoms with E-state index < -0.39 is 6.10 Å². The van der Waals surface area contributed by atoms with E-state index in [9.17, 15) is 9.50 Å². The number of aryl methyl sites for hydroxylation is 1. The molecule has 2 rings (SSSR count). The standard InChI is InChI=1S/C16H16ClFOS/c1-10-7-16(14(11(2)19)8-15(10)18)20-9-12-3-5-13(17)6-4-12/h3-8,11,19H,9H2,1-2H3/t11-/m0/s1. The van der Waals surface area contributed by atoms with E-state index in [1.807, 2.05) is 24.3 Å². The maximum absolute atomic E-state index is 13.6. The molecule has 2 aromatic carbocycles. The lowest BCUT2D eigenvalue weighted by atomic mass is 10.1. The average molecular weight is 311 g/mol. The zero-order valence-electron chi connectivity index (χ0n) is 11.4. The molecular formula is C16H16ClFOS. The van der Waals surface area contributed by atoms with Crippen molar-refractivity contribution in [3.05, 3.63) is 63.9 Å². The second-order valence-corrected chi connectivity index (χ2v) is 6.18. The van der Waals surface area contributed by atoms with Crippen LogP contribution in [0, 0.1) is 12.7 Å². The van der Waals surface area contributed by atoms with Crippen LogP contribution in [0.4, 0.5) is 4.39 Å². The Morgan fingerprint density at radius 2 is 1.90 bits per heavy atom. The van der Waals surface area contributed by atoms with Crippen LogP contribution in [0.1, 0.15) is 29.7 Å². The van der Waals surface area contributed by atoms with Gasteiger partial charge in [0.2, 0.25) is 0 Å². The van der Waals surface area contributed by atoms with E-state index in [1.165, 1.54) is 6.07 Å². The van der Waals surface area contributed by atoms with Gasteiger partial charge in [0.1, 0.15) is 5.82 Å². The zero-order chi connectivity index (χ0) is 14.7.